The predicted molar refractivity (Wildman–Crippen MR) is 61.2 cm³/mol. The van der Waals surface area contributed by atoms with Gasteiger partial charge < -0.3 is 9.84 Å². The number of aliphatic carboxylic acids is 1. The van der Waals surface area contributed by atoms with E-state index >= 15 is 0 Å². The predicted octanol–water partition coefficient (Wildman–Crippen LogP) is 2.83. The maximum Gasteiger partial charge on any atom is 0.304 e. The lowest BCUT2D eigenvalue weighted by atomic mass is 9.94. The highest BCUT2D eigenvalue weighted by atomic mass is 19.3. The SMILES string of the molecule is CC1Cc2cc(C(CC(=O)O)C(F)F)ccc2O1. The van der Waals surface area contributed by atoms with Crippen molar-refractivity contribution in [3.8, 4) is 5.75 Å². The van der Waals surface area contributed by atoms with Crippen LogP contribution in [0.4, 0.5) is 8.78 Å². The molecule has 0 aliphatic carbocycles. The molecule has 1 N–H and O–H groups in total. The molecule has 0 spiro atoms. The minimum atomic E-state index is -2.68. The Morgan fingerprint density at radius 1 is 1.56 bits per heavy atom. The maximum absolute atomic E-state index is 12.9. The van der Waals surface area contributed by atoms with Crippen LogP contribution in [0.1, 0.15) is 30.4 Å². The number of carbonyl (C=O) groups is 1. The van der Waals surface area contributed by atoms with Gasteiger partial charge in [-0.25, -0.2) is 8.78 Å². The number of fused-ring (bicyclic) bond motifs is 1. The van der Waals surface area contributed by atoms with E-state index in [1.54, 1.807) is 12.1 Å². The topological polar surface area (TPSA) is 46.5 Å². The van der Waals surface area contributed by atoms with E-state index < -0.39 is 24.7 Å². The summed E-state index contributed by atoms with van der Waals surface area (Å²) in [6, 6.07) is 4.81. The quantitative estimate of drug-likeness (QED) is 0.901. The number of hydrogen-bond acceptors (Lipinski definition) is 2. The van der Waals surface area contributed by atoms with Crippen LogP contribution in [0.3, 0.4) is 0 Å². The number of hydrogen-bond donors (Lipinski definition) is 1. The Kier molecular flexibility index (Phi) is 3.50. The smallest absolute Gasteiger partial charge is 0.304 e. The summed E-state index contributed by atoms with van der Waals surface area (Å²) < 4.78 is 31.2. The van der Waals surface area contributed by atoms with E-state index in [9.17, 15) is 13.6 Å². The fraction of sp³-hybridized carbons (Fsp3) is 0.462. The van der Waals surface area contributed by atoms with Crippen LogP contribution in [0.15, 0.2) is 18.2 Å². The van der Waals surface area contributed by atoms with E-state index in [1.165, 1.54) is 6.07 Å². The van der Waals surface area contributed by atoms with Crippen molar-refractivity contribution in [3.05, 3.63) is 29.3 Å². The van der Waals surface area contributed by atoms with Crippen molar-refractivity contribution in [2.45, 2.75) is 38.2 Å². The van der Waals surface area contributed by atoms with Gasteiger partial charge in [-0.05, 0) is 24.1 Å². The van der Waals surface area contributed by atoms with E-state index in [0.717, 1.165) is 5.56 Å². The Bertz CT molecular complexity index is 460. The summed E-state index contributed by atoms with van der Waals surface area (Å²) in [5.41, 5.74) is 1.24. The molecule has 1 aromatic carbocycles. The minimum Gasteiger partial charge on any atom is -0.490 e. The first-order chi connectivity index (χ1) is 8.47. The molecule has 2 atom stereocenters. The normalized spacial score (nSPS) is 19.4. The molecule has 0 aromatic heterocycles. The van der Waals surface area contributed by atoms with Gasteiger partial charge in [-0.15, -0.1) is 0 Å². The molecular weight excluding hydrogens is 242 g/mol. The number of carboxylic acid groups (broad SMARTS) is 1. The first-order valence-corrected chi connectivity index (χ1v) is 5.76. The molecule has 1 aliphatic rings. The van der Waals surface area contributed by atoms with E-state index in [-0.39, 0.29) is 6.10 Å². The molecular formula is C13H14F2O3. The highest BCUT2D eigenvalue weighted by Gasteiger charge is 2.27. The van der Waals surface area contributed by atoms with Gasteiger partial charge >= 0.3 is 5.97 Å². The summed E-state index contributed by atoms with van der Waals surface area (Å²) >= 11 is 0. The van der Waals surface area contributed by atoms with Crippen LogP contribution in [-0.4, -0.2) is 23.6 Å². The van der Waals surface area contributed by atoms with E-state index in [2.05, 4.69) is 0 Å². The van der Waals surface area contributed by atoms with Gasteiger partial charge in [-0.1, -0.05) is 12.1 Å². The standard InChI is InChI=1S/C13H14F2O3/c1-7-4-9-5-8(2-3-11(9)18-7)10(13(14)15)6-12(16)17/h2-3,5,7,10,13H,4,6H2,1H3,(H,16,17). The largest absolute Gasteiger partial charge is 0.490 e. The number of halogens is 2. The van der Waals surface area contributed by atoms with Crippen molar-refractivity contribution < 1.29 is 23.4 Å². The summed E-state index contributed by atoms with van der Waals surface area (Å²) in [5.74, 6) is -1.77. The molecule has 1 aromatic rings. The van der Waals surface area contributed by atoms with Crippen LogP contribution < -0.4 is 4.74 Å². The molecule has 0 saturated heterocycles. The second-order valence-corrected chi connectivity index (χ2v) is 4.54. The molecule has 3 nitrogen and oxygen atoms in total. The monoisotopic (exact) mass is 256 g/mol. The van der Waals surface area contributed by atoms with Crippen molar-refractivity contribution >= 4 is 5.97 Å². The number of rotatable bonds is 4. The molecule has 2 unspecified atom stereocenters. The third kappa shape index (κ3) is 2.60. The Morgan fingerprint density at radius 3 is 2.89 bits per heavy atom. The highest BCUT2D eigenvalue weighted by molar-refractivity contribution is 5.68. The zero-order valence-electron chi connectivity index (χ0n) is 9.90. The Labute approximate surface area is 103 Å². The van der Waals surface area contributed by atoms with Crippen LogP contribution in [0.2, 0.25) is 0 Å². The van der Waals surface area contributed by atoms with Gasteiger partial charge in [0.1, 0.15) is 11.9 Å². The highest BCUT2D eigenvalue weighted by Crippen LogP contribution is 2.34. The molecule has 5 heteroatoms. The number of carboxylic acids is 1. The van der Waals surface area contributed by atoms with Gasteiger partial charge in [-0.2, -0.15) is 0 Å². The Hall–Kier alpha value is -1.65. The van der Waals surface area contributed by atoms with Crippen LogP contribution >= 0.6 is 0 Å². The molecule has 0 bridgehead atoms. The first-order valence-electron chi connectivity index (χ1n) is 5.76. The van der Waals surface area contributed by atoms with Crippen LogP contribution in [0.5, 0.6) is 5.75 Å². The van der Waals surface area contributed by atoms with Crippen LogP contribution in [-0.2, 0) is 11.2 Å². The summed E-state index contributed by atoms with van der Waals surface area (Å²) in [5, 5.41) is 8.67. The van der Waals surface area contributed by atoms with E-state index in [4.69, 9.17) is 9.84 Å². The van der Waals surface area contributed by atoms with Crippen molar-refractivity contribution in [2.75, 3.05) is 0 Å². The third-order valence-electron chi connectivity index (χ3n) is 3.05. The Morgan fingerprint density at radius 2 is 2.28 bits per heavy atom. The molecule has 18 heavy (non-hydrogen) atoms. The van der Waals surface area contributed by atoms with Gasteiger partial charge in [0, 0.05) is 6.42 Å². The molecule has 0 fully saturated rings. The minimum absolute atomic E-state index is 0.0414. The summed E-state index contributed by atoms with van der Waals surface area (Å²) in [4.78, 5) is 10.6. The van der Waals surface area contributed by atoms with Gasteiger partial charge in [0.15, 0.2) is 0 Å². The molecule has 1 aliphatic heterocycles. The lowest BCUT2D eigenvalue weighted by Gasteiger charge is -2.15. The Balaban J connectivity index is 2.27. The summed E-state index contributed by atoms with van der Waals surface area (Å²) in [6.45, 7) is 1.90. The van der Waals surface area contributed by atoms with Crippen LogP contribution in [0.25, 0.3) is 0 Å². The lowest BCUT2D eigenvalue weighted by Crippen LogP contribution is -2.14. The molecule has 0 radical (unpaired) electrons. The van der Waals surface area contributed by atoms with E-state index in [1.807, 2.05) is 6.92 Å². The van der Waals surface area contributed by atoms with Crippen LogP contribution in [0, 0.1) is 0 Å². The zero-order chi connectivity index (χ0) is 13.3. The third-order valence-corrected chi connectivity index (χ3v) is 3.05. The van der Waals surface area contributed by atoms with Crippen molar-refractivity contribution in [1.29, 1.82) is 0 Å². The zero-order valence-corrected chi connectivity index (χ0v) is 9.90. The lowest BCUT2D eigenvalue weighted by molar-refractivity contribution is -0.138. The number of benzene rings is 1. The first kappa shape index (κ1) is 12.8. The number of ether oxygens (including phenoxy) is 1. The molecule has 0 saturated carbocycles. The van der Waals surface area contributed by atoms with Gasteiger partial charge in [-0.3, -0.25) is 4.79 Å². The molecule has 1 heterocycles. The van der Waals surface area contributed by atoms with Gasteiger partial charge in [0.05, 0.1) is 12.3 Å². The molecule has 0 amide bonds. The van der Waals surface area contributed by atoms with Gasteiger partial charge in [0.25, 0.3) is 0 Å². The maximum atomic E-state index is 12.9. The molecule has 2 rings (SSSR count). The summed E-state index contributed by atoms with van der Waals surface area (Å²) in [7, 11) is 0. The van der Waals surface area contributed by atoms with Gasteiger partial charge in [0.2, 0.25) is 6.43 Å². The van der Waals surface area contributed by atoms with E-state index in [0.29, 0.717) is 17.7 Å². The van der Waals surface area contributed by atoms with Crippen molar-refractivity contribution in [1.82, 2.24) is 0 Å². The number of alkyl halides is 2. The fourth-order valence-corrected chi connectivity index (χ4v) is 2.21. The second kappa shape index (κ2) is 4.92. The average molecular weight is 256 g/mol. The fourth-order valence-electron chi connectivity index (χ4n) is 2.21. The second-order valence-electron chi connectivity index (χ2n) is 4.54. The van der Waals surface area contributed by atoms with Crippen molar-refractivity contribution in [2.24, 2.45) is 0 Å². The molecule has 98 valence electrons. The van der Waals surface area contributed by atoms with Crippen molar-refractivity contribution in [3.63, 3.8) is 0 Å². The summed E-state index contributed by atoms with van der Waals surface area (Å²) in [6.07, 6.45) is -2.53. The average Bonchev–Trinajstić information content (AvgIpc) is 2.64.